The molecule has 136 valence electrons. The monoisotopic (exact) mass is 357 g/mol. The SMILES string of the molecule is CC(C)C(=O)CNc1cccc2c1C(=O)N(C1CCC(=O)NC1=O)C2=O. The van der Waals surface area contributed by atoms with Crippen LogP contribution in [0.15, 0.2) is 18.2 Å². The lowest BCUT2D eigenvalue weighted by atomic mass is 10.0. The minimum absolute atomic E-state index is 0.0265. The first-order chi connectivity index (χ1) is 12.3. The van der Waals surface area contributed by atoms with Crippen molar-refractivity contribution in [1.82, 2.24) is 10.2 Å². The average Bonchev–Trinajstić information content (AvgIpc) is 2.85. The molecule has 8 nitrogen and oxygen atoms in total. The molecule has 0 radical (unpaired) electrons. The van der Waals surface area contributed by atoms with Gasteiger partial charge in [-0.2, -0.15) is 0 Å². The second-order valence-corrected chi connectivity index (χ2v) is 6.65. The molecule has 2 aliphatic heterocycles. The minimum Gasteiger partial charge on any atom is -0.377 e. The maximum absolute atomic E-state index is 12.8. The fourth-order valence-electron chi connectivity index (χ4n) is 3.05. The van der Waals surface area contributed by atoms with Crippen LogP contribution in [0.5, 0.6) is 0 Å². The van der Waals surface area contributed by atoms with Gasteiger partial charge in [-0.05, 0) is 18.6 Å². The van der Waals surface area contributed by atoms with Gasteiger partial charge in [-0.1, -0.05) is 19.9 Å². The molecule has 0 bridgehead atoms. The molecule has 2 heterocycles. The highest BCUT2D eigenvalue weighted by Crippen LogP contribution is 2.32. The first-order valence-corrected chi connectivity index (χ1v) is 8.42. The minimum atomic E-state index is -1.01. The predicted molar refractivity (Wildman–Crippen MR) is 91.4 cm³/mol. The van der Waals surface area contributed by atoms with Gasteiger partial charge >= 0.3 is 0 Å². The second kappa shape index (κ2) is 6.70. The van der Waals surface area contributed by atoms with Crippen LogP contribution in [0, 0.1) is 5.92 Å². The molecule has 1 unspecified atom stereocenters. The van der Waals surface area contributed by atoms with Gasteiger partial charge in [0.05, 0.1) is 17.7 Å². The van der Waals surface area contributed by atoms with Gasteiger partial charge in [0.15, 0.2) is 5.78 Å². The molecule has 8 heteroatoms. The van der Waals surface area contributed by atoms with Crippen LogP contribution in [0.1, 0.15) is 47.4 Å². The van der Waals surface area contributed by atoms with Crippen LogP contribution in [0.3, 0.4) is 0 Å². The van der Waals surface area contributed by atoms with Gasteiger partial charge in [0, 0.05) is 18.0 Å². The zero-order valence-electron chi connectivity index (χ0n) is 14.5. The summed E-state index contributed by atoms with van der Waals surface area (Å²) in [4.78, 5) is 61.6. The van der Waals surface area contributed by atoms with Crippen LogP contribution in [0.25, 0.3) is 0 Å². The quantitative estimate of drug-likeness (QED) is 0.751. The average molecular weight is 357 g/mol. The Labute approximate surface area is 149 Å². The highest BCUT2D eigenvalue weighted by molar-refractivity contribution is 6.25. The molecule has 1 aromatic carbocycles. The number of hydrogen-bond acceptors (Lipinski definition) is 6. The Hall–Kier alpha value is -3.03. The van der Waals surface area contributed by atoms with Gasteiger partial charge in [0.2, 0.25) is 11.8 Å². The summed E-state index contributed by atoms with van der Waals surface area (Å²) in [7, 11) is 0. The lowest BCUT2D eigenvalue weighted by Gasteiger charge is -2.27. The van der Waals surface area contributed by atoms with Crippen molar-refractivity contribution < 1.29 is 24.0 Å². The van der Waals surface area contributed by atoms with Gasteiger partial charge in [0.1, 0.15) is 6.04 Å². The van der Waals surface area contributed by atoms with E-state index in [0.717, 1.165) is 4.90 Å². The first kappa shape index (κ1) is 17.8. The normalized spacial score (nSPS) is 19.7. The summed E-state index contributed by atoms with van der Waals surface area (Å²) in [6, 6.07) is 3.73. The summed E-state index contributed by atoms with van der Waals surface area (Å²) in [6.45, 7) is 3.59. The van der Waals surface area contributed by atoms with E-state index in [1.807, 2.05) is 0 Å². The van der Waals surface area contributed by atoms with Crippen LogP contribution in [-0.4, -0.2) is 46.9 Å². The number of Topliss-reactive ketones (excluding diaryl/α,β-unsaturated/α-hetero) is 1. The smallest absolute Gasteiger partial charge is 0.264 e. The van der Waals surface area contributed by atoms with E-state index >= 15 is 0 Å². The lowest BCUT2D eigenvalue weighted by Crippen LogP contribution is -2.54. The second-order valence-electron chi connectivity index (χ2n) is 6.65. The van der Waals surface area contributed by atoms with Crippen LogP contribution in [-0.2, 0) is 14.4 Å². The molecule has 1 fully saturated rings. The standard InChI is InChI=1S/C18H19N3O5/c1-9(2)13(22)8-19-11-5-3-4-10-15(11)18(26)21(17(10)25)12-6-7-14(23)20-16(12)24/h3-5,9,12,19H,6-8H2,1-2H3,(H,20,23,24). The number of carbonyl (C=O) groups is 5. The number of piperidine rings is 1. The van der Waals surface area contributed by atoms with Gasteiger partial charge in [-0.15, -0.1) is 0 Å². The van der Waals surface area contributed by atoms with Gasteiger partial charge in [-0.25, -0.2) is 0 Å². The molecule has 1 aromatic rings. The number of ketones is 1. The van der Waals surface area contributed by atoms with Crippen LogP contribution in [0.4, 0.5) is 5.69 Å². The highest BCUT2D eigenvalue weighted by Gasteiger charge is 2.45. The van der Waals surface area contributed by atoms with Crippen molar-refractivity contribution in [2.24, 2.45) is 5.92 Å². The number of nitrogens with one attached hydrogen (secondary N) is 2. The number of imide groups is 2. The van der Waals surface area contributed by atoms with Crippen molar-refractivity contribution in [1.29, 1.82) is 0 Å². The molecule has 2 N–H and O–H groups in total. The van der Waals surface area contributed by atoms with E-state index in [9.17, 15) is 24.0 Å². The van der Waals surface area contributed by atoms with E-state index in [1.54, 1.807) is 26.0 Å². The molecule has 1 saturated heterocycles. The highest BCUT2D eigenvalue weighted by atomic mass is 16.2. The number of carbonyl (C=O) groups excluding carboxylic acids is 5. The third-order valence-electron chi connectivity index (χ3n) is 4.57. The molecule has 0 spiro atoms. The molecule has 1 atom stereocenters. The number of nitrogens with zero attached hydrogens (tertiary/aromatic N) is 1. The summed E-state index contributed by atoms with van der Waals surface area (Å²) in [5, 5.41) is 5.07. The van der Waals surface area contributed by atoms with Crippen molar-refractivity contribution in [2.75, 3.05) is 11.9 Å². The van der Waals surface area contributed by atoms with Crippen LogP contribution < -0.4 is 10.6 Å². The molecule has 0 aromatic heterocycles. The van der Waals surface area contributed by atoms with E-state index in [0.29, 0.717) is 5.69 Å². The topological polar surface area (TPSA) is 113 Å². The summed E-state index contributed by atoms with van der Waals surface area (Å²) in [6.07, 6.45) is 0.169. The van der Waals surface area contributed by atoms with E-state index in [1.165, 1.54) is 6.07 Å². The van der Waals surface area contributed by atoms with Crippen LogP contribution >= 0.6 is 0 Å². The third-order valence-corrected chi connectivity index (χ3v) is 4.57. The Morgan fingerprint density at radius 1 is 1.23 bits per heavy atom. The Morgan fingerprint density at radius 2 is 1.96 bits per heavy atom. The van der Waals surface area contributed by atoms with Crippen LogP contribution in [0.2, 0.25) is 0 Å². The summed E-state index contributed by atoms with van der Waals surface area (Å²) >= 11 is 0. The Bertz CT molecular complexity index is 830. The number of hydrogen-bond donors (Lipinski definition) is 2. The number of fused-ring (bicyclic) bond motifs is 1. The summed E-state index contributed by atoms with van der Waals surface area (Å²) < 4.78 is 0. The lowest BCUT2D eigenvalue weighted by molar-refractivity contribution is -0.136. The van der Waals surface area contributed by atoms with Crippen molar-refractivity contribution in [3.63, 3.8) is 0 Å². The Kier molecular flexibility index (Phi) is 4.58. The largest absolute Gasteiger partial charge is 0.377 e. The number of benzene rings is 1. The zero-order chi connectivity index (χ0) is 19.0. The third kappa shape index (κ3) is 2.98. The summed E-state index contributed by atoms with van der Waals surface area (Å²) in [5.74, 6) is -2.42. The van der Waals surface area contributed by atoms with E-state index in [-0.39, 0.29) is 42.2 Å². The molecular weight excluding hydrogens is 338 g/mol. The summed E-state index contributed by atoms with van der Waals surface area (Å²) in [5.41, 5.74) is 0.713. The van der Waals surface area contributed by atoms with Gasteiger partial charge < -0.3 is 5.32 Å². The Morgan fingerprint density at radius 3 is 2.62 bits per heavy atom. The van der Waals surface area contributed by atoms with Gasteiger partial charge in [0.25, 0.3) is 11.8 Å². The van der Waals surface area contributed by atoms with Crippen molar-refractivity contribution in [3.05, 3.63) is 29.3 Å². The molecule has 26 heavy (non-hydrogen) atoms. The Balaban J connectivity index is 1.88. The molecule has 0 saturated carbocycles. The predicted octanol–water partition coefficient (Wildman–Crippen LogP) is 0.725. The zero-order valence-corrected chi connectivity index (χ0v) is 14.5. The first-order valence-electron chi connectivity index (χ1n) is 8.42. The van der Waals surface area contributed by atoms with Crippen molar-refractivity contribution >= 4 is 35.1 Å². The molecule has 0 aliphatic carbocycles. The number of anilines is 1. The van der Waals surface area contributed by atoms with E-state index in [4.69, 9.17) is 0 Å². The molecule has 3 rings (SSSR count). The van der Waals surface area contributed by atoms with E-state index in [2.05, 4.69) is 10.6 Å². The van der Waals surface area contributed by atoms with E-state index < -0.39 is 29.7 Å². The maximum Gasteiger partial charge on any atom is 0.264 e. The van der Waals surface area contributed by atoms with Crippen molar-refractivity contribution in [2.45, 2.75) is 32.7 Å². The number of amides is 4. The van der Waals surface area contributed by atoms with Gasteiger partial charge in [-0.3, -0.25) is 34.2 Å². The molecule has 2 aliphatic rings. The van der Waals surface area contributed by atoms with Crippen molar-refractivity contribution in [3.8, 4) is 0 Å². The number of rotatable bonds is 5. The maximum atomic E-state index is 12.8. The fraction of sp³-hybridized carbons (Fsp3) is 0.389. The fourth-order valence-corrected chi connectivity index (χ4v) is 3.05. The molecule has 4 amide bonds. The molecular formula is C18H19N3O5.